The van der Waals surface area contributed by atoms with Gasteiger partial charge in [-0.2, -0.15) is 0 Å². The van der Waals surface area contributed by atoms with Crippen LogP contribution in [0, 0.1) is 5.92 Å². The highest BCUT2D eigenvalue weighted by atomic mass is 14.7. The molecule has 1 nitrogen and oxygen atoms in total. The number of nitrogens with zero attached hydrogens (tertiary/aromatic N) is 1. The Kier molecular flexibility index (Phi) is 3.78. The average molecular weight is 261 g/mol. The van der Waals surface area contributed by atoms with Gasteiger partial charge >= 0.3 is 0 Å². The molecule has 0 saturated carbocycles. The second-order valence-electron chi connectivity index (χ2n) is 5.49. The third-order valence-corrected chi connectivity index (χ3v) is 3.64. The van der Waals surface area contributed by atoms with Crippen molar-refractivity contribution in [3.63, 3.8) is 0 Å². The summed E-state index contributed by atoms with van der Waals surface area (Å²) in [7, 11) is 0. The summed E-state index contributed by atoms with van der Waals surface area (Å²) >= 11 is 0. The second kappa shape index (κ2) is 5.87. The molecule has 1 heteroatoms. The Morgan fingerprint density at radius 2 is 1.55 bits per heavy atom. The average Bonchev–Trinajstić information content (AvgIpc) is 2.48. The Bertz CT molecular complexity index is 688. The second-order valence-corrected chi connectivity index (χ2v) is 5.49. The highest BCUT2D eigenvalue weighted by molar-refractivity contribution is 5.78. The van der Waals surface area contributed by atoms with Crippen LogP contribution in [0.2, 0.25) is 0 Å². The van der Waals surface area contributed by atoms with Gasteiger partial charge in [-0.1, -0.05) is 61.5 Å². The molecule has 0 amide bonds. The zero-order chi connectivity index (χ0) is 13.8. The number of aromatic nitrogens is 1. The minimum atomic E-state index is 0.603. The predicted molar refractivity (Wildman–Crippen MR) is 84.8 cm³/mol. The monoisotopic (exact) mass is 261 g/mol. The van der Waals surface area contributed by atoms with E-state index in [1.165, 1.54) is 16.6 Å². The van der Waals surface area contributed by atoms with Gasteiger partial charge in [-0.15, -0.1) is 0 Å². The number of hydrogen-bond donors (Lipinski definition) is 0. The summed E-state index contributed by atoms with van der Waals surface area (Å²) < 4.78 is 0. The molecule has 0 N–H and O–H groups in total. The van der Waals surface area contributed by atoms with E-state index in [1.807, 2.05) is 6.07 Å². The van der Waals surface area contributed by atoms with Crippen molar-refractivity contribution in [3.05, 3.63) is 78.0 Å². The number of rotatable bonds is 4. The lowest BCUT2D eigenvalue weighted by atomic mass is 9.96. The molecule has 3 rings (SSSR count). The molecule has 20 heavy (non-hydrogen) atoms. The number of hydrogen-bond acceptors (Lipinski definition) is 1. The van der Waals surface area contributed by atoms with E-state index in [-0.39, 0.29) is 0 Å². The standard InChI is InChI=1S/C19H19N/c1-15(13-16-7-3-2-4-8-16)14-18-12-11-17-9-5-6-10-19(17)20-18/h2-12,15H,13-14H2,1H3/t15-/m0/s1. The summed E-state index contributed by atoms with van der Waals surface area (Å²) in [6.45, 7) is 2.30. The van der Waals surface area contributed by atoms with Crippen LogP contribution < -0.4 is 0 Å². The number of benzene rings is 2. The first-order valence-corrected chi connectivity index (χ1v) is 7.20. The van der Waals surface area contributed by atoms with Crippen molar-refractivity contribution in [2.24, 2.45) is 5.92 Å². The molecule has 100 valence electrons. The van der Waals surface area contributed by atoms with E-state index in [0.717, 1.165) is 18.4 Å². The van der Waals surface area contributed by atoms with Gasteiger partial charge in [0.05, 0.1) is 5.52 Å². The van der Waals surface area contributed by atoms with Crippen molar-refractivity contribution in [3.8, 4) is 0 Å². The Hall–Kier alpha value is -2.15. The Balaban J connectivity index is 1.72. The molecule has 1 atom stereocenters. The molecule has 1 heterocycles. The van der Waals surface area contributed by atoms with Gasteiger partial charge in [0.15, 0.2) is 0 Å². The lowest BCUT2D eigenvalue weighted by Crippen LogP contribution is -2.05. The van der Waals surface area contributed by atoms with Crippen LogP contribution in [0.4, 0.5) is 0 Å². The van der Waals surface area contributed by atoms with Crippen molar-refractivity contribution < 1.29 is 0 Å². The summed E-state index contributed by atoms with van der Waals surface area (Å²) in [6, 6.07) is 23.3. The fraction of sp³-hybridized carbons (Fsp3) is 0.211. The summed E-state index contributed by atoms with van der Waals surface area (Å²) in [4.78, 5) is 4.76. The molecule has 0 spiro atoms. The molecule has 3 aromatic rings. The molecule has 0 aliphatic carbocycles. The molecule has 0 saturated heterocycles. The molecule has 1 aromatic heterocycles. The van der Waals surface area contributed by atoms with E-state index in [9.17, 15) is 0 Å². The van der Waals surface area contributed by atoms with E-state index in [2.05, 4.69) is 67.6 Å². The van der Waals surface area contributed by atoms with E-state index in [4.69, 9.17) is 4.98 Å². The van der Waals surface area contributed by atoms with Crippen LogP contribution in [0.25, 0.3) is 10.9 Å². The highest BCUT2D eigenvalue weighted by Gasteiger charge is 2.06. The zero-order valence-electron chi connectivity index (χ0n) is 11.8. The van der Waals surface area contributed by atoms with Gasteiger partial charge in [-0.25, -0.2) is 0 Å². The van der Waals surface area contributed by atoms with Crippen LogP contribution >= 0.6 is 0 Å². The summed E-state index contributed by atoms with van der Waals surface area (Å²) in [5, 5.41) is 1.21. The zero-order valence-corrected chi connectivity index (χ0v) is 11.8. The van der Waals surface area contributed by atoms with Gasteiger partial charge < -0.3 is 0 Å². The molecule has 0 aliphatic heterocycles. The molecule has 2 aromatic carbocycles. The predicted octanol–water partition coefficient (Wildman–Crippen LogP) is 4.66. The SMILES string of the molecule is C[C@@H](Cc1ccccc1)Cc1ccc2ccccc2n1. The smallest absolute Gasteiger partial charge is 0.0705 e. The minimum Gasteiger partial charge on any atom is -0.253 e. The molecular formula is C19H19N. The van der Waals surface area contributed by atoms with Crippen molar-refractivity contribution in [1.29, 1.82) is 0 Å². The molecule has 0 fully saturated rings. The topological polar surface area (TPSA) is 12.9 Å². The lowest BCUT2D eigenvalue weighted by molar-refractivity contribution is 0.570. The molecule has 0 unspecified atom stereocenters. The maximum atomic E-state index is 4.76. The molecular weight excluding hydrogens is 242 g/mol. The van der Waals surface area contributed by atoms with Crippen LogP contribution in [-0.2, 0) is 12.8 Å². The van der Waals surface area contributed by atoms with Crippen molar-refractivity contribution in [1.82, 2.24) is 4.98 Å². The van der Waals surface area contributed by atoms with Crippen LogP contribution in [0.15, 0.2) is 66.7 Å². The number of para-hydroxylation sites is 1. The van der Waals surface area contributed by atoms with Gasteiger partial charge in [0.25, 0.3) is 0 Å². The number of pyridine rings is 1. The maximum absolute atomic E-state index is 4.76. The van der Waals surface area contributed by atoms with Crippen LogP contribution in [0.5, 0.6) is 0 Å². The van der Waals surface area contributed by atoms with Crippen molar-refractivity contribution >= 4 is 10.9 Å². The van der Waals surface area contributed by atoms with Crippen LogP contribution in [0.3, 0.4) is 0 Å². The van der Waals surface area contributed by atoms with Gasteiger partial charge in [0.2, 0.25) is 0 Å². The van der Waals surface area contributed by atoms with Gasteiger partial charge in [0.1, 0.15) is 0 Å². The van der Waals surface area contributed by atoms with Crippen molar-refractivity contribution in [2.75, 3.05) is 0 Å². The minimum absolute atomic E-state index is 0.603. The normalized spacial score (nSPS) is 12.4. The fourth-order valence-corrected chi connectivity index (χ4v) is 2.67. The molecule has 0 radical (unpaired) electrons. The van der Waals surface area contributed by atoms with Crippen LogP contribution in [0.1, 0.15) is 18.2 Å². The van der Waals surface area contributed by atoms with Crippen molar-refractivity contribution in [2.45, 2.75) is 19.8 Å². The maximum Gasteiger partial charge on any atom is 0.0705 e. The number of fused-ring (bicyclic) bond motifs is 1. The first-order valence-electron chi connectivity index (χ1n) is 7.20. The molecule has 0 aliphatic rings. The van der Waals surface area contributed by atoms with Gasteiger partial charge in [-0.3, -0.25) is 4.98 Å². The molecule has 0 bridgehead atoms. The Morgan fingerprint density at radius 1 is 0.800 bits per heavy atom. The van der Waals surface area contributed by atoms with E-state index >= 15 is 0 Å². The highest BCUT2D eigenvalue weighted by Crippen LogP contribution is 2.16. The lowest BCUT2D eigenvalue weighted by Gasteiger charge is -2.11. The summed E-state index contributed by atoms with van der Waals surface area (Å²) in [5.41, 5.74) is 3.69. The summed E-state index contributed by atoms with van der Waals surface area (Å²) in [5.74, 6) is 0.603. The Labute approximate surface area is 120 Å². The van der Waals surface area contributed by atoms with E-state index in [0.29, 0.717) is 5.92 Å². The first kappa shape index (κ1) is 12.9. The Morgan fingerprint density at radius 3 is 2.40 bits per heavy atom. The quantitative estimate of drug-likeness (QED) is 0.666. The van der Waals surface area contributed by atoms with E-state index < -0.39 is 0 Å². The third-order valence-electron chi connectivity index (χ3n) is 3.64. The first-order chi connectivity index (χ1) is 9.81. The van der Waals surface area contributed by atoms with Crippen LogP contribution in [-0.4, -0.2) is 4.98 Å². The summed E-state index contributed by atoms with van der Waals surface area (Å²) in [6.07, 6.45) is 2.13. The third kappa shape index (κ3) is 3.05. The largest absolute Gasteiger partial charge is 0.253 e. The van der Waals surface area contributed by atoms with Gasteiger partial charge in [-0.05, 0) is 36.5 Å². The van der Waals surface area contributed by atoms with Gasteiger partial charge in [0, 0.05) is 11.1 Å². The fourth-order valence-electron chi connectivity index (χ4n) is 2.67. The van der Waals surface area contributed by atoms with E-state index in [1.54, 1.807) is 0 Å².